The highest BCUT2D eigenvalue weighted by molar-refractivity contribution is 7.21. The first-order chi connectivity index (χ1) is 17.4. The highest BCUT2D eigenvalue weighted by Crippen LogP contribution is 2.31. The summed E-state index contributed by atoms with van der Waals surface area (Å²) in [6, 6.07) is 18.8. The molecule has 8 nitrogen and oxygen atoms in total. The average molecular weight is 499 g/mol. The third kappa shape index (κ3) is 4.87. The van der Waals surface area contributed by atoms with Gasteiger partial charge in [0.05, 0.1) is 27.4 Å². The molecule has 0 aliphatic carbocycles. The van der Waals surface area contributed by atoms with E-state index in [4.69, 9.17) is 4.74 Å². The summed E-state index contributed by atoms with van der Waals surface area (Å²) in [6.07, 6.45) is 1.31. The van der Waals surface area contributed by atoms with E-state index in [9.17, 15) is 14.4 Å². The number of benzene rings is 3. The van der Waals surface area contributed by atoms with Crippen molar-refractivity contribution < 1.29 is 14.3 Å². The van der Waals surface area contributed by atoms with E-state index in [0.717, 1.165) is 26.4 Å². The van der Waals surface area contributed by atoms with Crippen LogP contribution in [0.15, 0.2) is 71.8 Å². The molecule has 2 heterocycles. The van der Waals surface area contributed by atoms with Crippen LogP contribution < -0.4 is 10.9 Å². The third-order valence-corrected chi connectivity index (χ3v) is 6.75. The maximum atomic E-state index is 12.6. The molecule has 3 aromatic carbocycles. The van der Waals surface area contributed by atoms with Gasteiger partial charge < -0.3 is 10.1 Å². The summed E-state index contributed by atoms with van der Waals surface area (Å²) in [7, 11) is 0. The van der Waals surface area contributed by atoms with Crippen LogP contribution in [0.25, 0.3) is 31.7 Å². The molecule has 0 radical (unpaired) electrons. The minimum absolute atomic E-state index is 0.334. The first-order valence-corrected chi connectivity index (χ1v) is 12.1. The van der Waals surface area contributed by atoms with Gasteiger partial charge in [-0.2, -0.15) is 0 Å². The first kappa shape index (κ1) is 23.4. The van der Waals surface area contributed by atoms with Crippen molar-refractivity contribution in [2.45, 2.75) is 20.4 Å². The minimum Gasteiger partial charge on any atom is -0.454 e. The number of nitrogens with zero attached hydrogens (tertiary/aromatic N) is 3. The lowest BCUT2D eigenvalue weighted by Gasteiger charge is -2.09. The van der Waals surface area contributed by atoms with Crippen LogP contribution in [0.3, 0.4) is 0 Å². The van der Waals surface area contributed by atoms with E-state index in [-0.39, 0.29) is 12.1 Å². The topological polar surface area (TPSA) is 103 Å². The van der Waals surface area contributed by atoms with Gasteiger partial charge >= 0.3 is 5.97 Å². The van der Waals surface area contributed by atoms with Crippen LogP contribution in [0.4, 0.5) is 5.69 Å². The van der Waals surface area contributed by atoms with Gasteiger partial charge in [-0.3, -0.25) is 19.0 Å². The van der Waals surface area contributed by atoms with Crippen molar-refractivity contribution in [2.24, 2.45) is 0 Å². The van der Waals surface area contributed by atoms with Gasteiger partial charge in [-0.15, -0.1) is 11.3 Å². The Hall–Kier alpha value is -4.37. The predicted molar refractivity (Wildman–Crippen MR) is 140 cm³/mol. The number of carbonyl (C=O) groups is 2. The zero-order valence-electron chi connectivity index (χ0n) is 19.6. The molecule has 2 aromatic heterocycles. The van der Waals surface area contributed by atoms with Crippen LogP contribution in [0, 0.1) is 13.8 Å². The SMILES string of the molecule is Cc1ccc2nc(-c3ccc(NC(=O)COC(=O)Cn4cnc5c(C)cccc5c4=O)cc3)sc2c1. The van der Waals surface area contributed by atoms with Gasteiger partial charge in [-0.1, -0.05) is 18.2 Å². The number of ether oxygens (including phenoxy) is 1. The van der Waals surface area contributed by atoms with Crippen molar-refractivity contribution in [3.63, 3.8) is 0 Å². The molecule has 0 saturated heterocycles. The van der Waals surface area contributed by atoms with Gasteiger partial charge in [0.15, 0.2) is 6.61 Å². The standard InChI is InChI=1S/C27H22N4O4S/c1-16-6-11-21-22(12-16)36-26(30-21)18-7-9-19(10-8-18)29-23(32)14-35-24(33)13-31-15-28-25-17(2)4-3-5-20(25)27(31)34/h3-12,15H,13-14H2,1-2H3,(H,29,32). The molecule has 1 N–H and O–H groups in total. The van der Waals surface area contributed by atoms with Crippen LogP contribution >= 0.6 is 11.3 Å². The summed E-state index contributed by atoms with van der Waals surface area (Å²) in [5, 5.41) is 4.02. The molecule has 5 rings (SSSR count). The van der Waals surface area contributed by atoms with Crippen molar-refractivity contribution in [2.75, 3.05) is 11.9 Å². The number of para-hydroxylation sites is 1. The van der Waals surface area contributed by atoms with Gasteiger partial charge in [0.25, 0.3) is 11.5 Å². The lowest BCUT2D eigenvalue weighted by molar-refractivity contribution is -0.147. The van der Waals surface area contributed by atoms with E-state index in [1.54, 1.807) is 35.6 Å². The number of thiazole rings is 1. The maximum Gasteiger partial charge on any atom is 0.326 e. The molecular weight excluding hydrogens is 476 g/mol. The van der Waals surface area contributed by atoms with Crippen LogP contribution in [-0.2, 0) is 20.9 Å². The van der Waals surface area contributed by atoms with E-state index in [1.165, 1.54) is 16.5 Å². The second-order valence-corrected chi connectivity index (χ2v) is 9.46. The molecule has 0 saturated carbocycles. The molecule has 1 amide bonds. The van der Waals surface area contributed by atoms with E-state index in [0.29, 0.717) is 16.6 Å². The quantitative estimate of drug-likeness (QED) is 0.347. The number of hydrogen-bond acceptors (Lipinski definition) is 7. The molecule has 0 atom stereocenters. The maximum absolute atomic E-state index is 12.6. The van der Waals surface area contributed by atoms with Gasteiger partial charge in [0.2, 0.25) is 0 Å². The average Bonchev–Trinajstić information content (AvgIpc) is 3.28. The fourth-order valence-corrected chi connectivity index (χ4v) is 4.90. The summed E-state index contributed by atoms with van der Waals surface area (Å²) in [5.74, 6) is -1.19. The summed E-state index contributed by atoms with van der Waals surface area (Å²) >= 11 is 1.61. The van der Waals surface area contributed by atoms with E-state index in [1.807, 2.05) is 37.3 Å². The Balaban J connectivity index is 1.17. The second kappa shape index (κ2) is 9.71. The number of hydrogen-bond donors (Lipinski definition) is 1. The van der Waals surface area contributed by atoms with Gasteiger partial charge in [-0.05, 0) is 67.4 Å². The fraction of sp³-hybridized carbons (Fsp3) is 0.148. The number of rotatable bonds is 6. The number of aromatic nitrogens is 3. The molecule has 0 unspecified atom stereocenters. The van der Waals surface area contributed by atoms with Gasteiger partial charge in [0.1, 0.15) is 11.6 Å². The first-order valence-electron chi connectivity index (χ1n) is 11.3. The smallest absolute Gasteiger partial charge is 0.326 e. The van der Waals surface area contributed by atoms with E-state index >= 15 is 0 Å². The number of carbonyl (C=O) groups excluding carboxylic acids is 2. The van der Waals surface area contributed by atoms with Crippen LogP contribution in [0.5, 0.6) is 0 Å². The zero-order valence-corrected chi connectivity index (χ0v) is 20.5. The monoisotopic (exact) mass is 498 g/mol. The van der Waals surface area contributed by atoms with Crippen LogP contribution in [0.2, 0.25) is 0 Å². The van der Waals surface area contributed by atoms with Gasteiger partial charge in [-0.25, -0.2) is 9.97 Å². The highest BCUT2D eigenvalue weighted by atomic mass is 32.1. The van der Waals surface area contributed by atoms with Crippen molar-refractivity contribution in [3.8, 4) is 10.6 Å². The lowest BCUT2D eigenvalue weighted by Crippen LogP contribution is -2.28. The third-order valence-electron chi connectivity index (χ3n) is 5.68. The Labute approximate surface area is 210 Å². The molecule has 0 aliphatic heterocycles. The Morgan fingerprint density at radius 3 is 2.67 bits per heavy atom. The zero-order chi connectivity index (χ0) is 25.2. The number of esters is 1. The van der Waals surface area contributed by atoms with Crippen LogP contribution in [-0.4, -0.2) is 33.0 Å². The van der Waals surface area contributed by atoms with E-state index in [2.05, 4.69) is 28.3 Å². The Morgan fingerprint density at radius 1 is 1.06 bits per heavy atom. The largest absolute Gasteiger partial charge is 0.454 e. The van der Waals surface area contributed by atoms with E-state index < -0.39 is 18.5 Å². The number of nitrogens with one attached hydrogen (secondary N) is 1. The Kier molecular flexibility index (Phi) is 6.30. The van der Waals surface area contributed by atoms with Crippen molar-refractivity contribution in [1.29, 1.82) is 0 Å². The molecule has 0 fully saturated rings. The Morgan fingerprint density at radius 2 is 1.86 bits per heavy atom. The summed E-state index contributed by atoms with van der Waals surface area (Å²) in [4.78, 5) is 46.1. The summed E-state index contributed by atoms with van der Waals surface area (Å²) in [6.45, 7) is 3.11. The molecule has 0 bridgehead atoms. The van der Waals surface area contributed by atoms with Crippen molar-refractivity contribution >= 4 is 50.0 Å². The molecule has 180 valence electrons. The Bertz CT molecular complexity index is 1670. The molecule has 0 aliphatic rings. The summed E-state index contributed by atoms with van der Waals surface area (Å²) < 4.78 is 7.36. The van der Waals surface area contributed by atoms with Crippen molar-refractivity contribution in [3.05, 3.63) is 88.5 Å². The predicted octanol–water partition coefficient (Wildman–Crippen LogP) is 4.47. The summed E-state index contributed by atoms with van der Waals surface area (Å²) in [5.41, 5.74) is 4.79. The lowest BCUT2D eigenvalue weighted by atomic mass is 10.1. The molecule has 9 heteroatoms. The molecule has 0 spiro atoms. The molecule has 5 aromatic rings. The number of anilines is 1. The minimum atomic E-state index is -0.706. The second-order valence-electron chi connectivity index (χ2n) is 8.43. The number of amides is 1. The number of aryl methyl sites for hydroxylation is 2. The normalized spacial score (nSPS) is 11.1. The van der Waals surface area contributed by atoms with Crippen molar-refractivity contribution in [1.82, 2.24) is 14.5 Å². The van der Waals surface area contributed by atoms with Gasteiger partial charge in [0, 0.05) is 11.3 Å². The molecular formula is C27H22N4O4S. The number of fused-ring (bicyclic) bond motifs is 2. The van der Waals surface area contributed by atoms with Crippen LogP contribution in [0.1, 0.15) is 11.1 Å². The highest BCUT2D eigenvalue weighted by Gasteiger charge is 2.13. The molecule has 36 heavy (non-hydrogen) atoms. The fourth-order valence-electron chi connectivity index (χ4n) is 3.83.